The van der Waals surface area contributed by atoms with Crippen LogP contribution >= 0.6 is 15.9 Å². The molecule has 21 heavy (non-hydrogen) atoms. The van der Waals surface area contributed by atoms with Gasteiger partial charge in [0.1, 0.15) is 0 Å². The van der Waals surface area contributed by atoms with Gasteiger partial charge in [0, 0.05) is 4.47 Å². The number of rotatable bonds is 4. The molecule has 3 nitrogen and oxygen atoms in total. The number of benzene rings is 2. The number of hydrogen-bond acceptors (Lipinski definition) is 2. The molecule has 0 saturated heterocycles. The van der Waals surface area contributed by atoms with Crippen molar-refractivity contribution in [3.8, 4) is 0 Å². The molecule has 0 aromatic heterocycles. The minimum absolute atomic E-state index is 0.326. The summed E-state index contributed by atoms with van der Waals surface area (Å²) in [5.41, 5.74) is 3.25. The van der Waals surface area contributed by atoms with Crippen molar-refractivity contribution < 1.29 is 8.42 Å². The van der Waals surface area contributed by atoms with Gasteiger partial charge in [-0.1, -0.05) is 35.0 Å². The Labute approximate surface area is 134 Å². The van der Waals surface area contributed by atoms with Gasteiger partial charge in [-0.05, 0) is 61.2 Å². The standard InChI is InChI=1S/C16H18BrNO2S/c1-4-13-10-14(17)7-8-15(13)18-21(19,20)16-9-11(2)5-6-12(16)3/h5-10,18H,4H2,1-3H3. The summed E-state index contributed by atoms with van der Waals surface area (Å²) in [6, 6.07) is 11.0. The molecule has 0 fully saturated rings. The van der Waals surface area contributed by atoms with Gasteiger partial charge in [0.15, 0.2) is 0 Å². The largest absolute Gasteiger partial charge is 0.279 e. The molecule has 0 aliphatic rings. The second-order valence-corrected chi connectivity index (χ2v) is 7.60. The highest BCUT2D eigenvalue weighted by Gasteiger charge is 2.18. The summed E-state index contributed by atoms with van der Waals surface area (Å²) in [4.78, 5) is 0.326. The van der Waals surface area contributed by atoms with Crippen LogP contribution in [0.15, 0.2) is 45.8 Å². The number of nitrogens with one attached hydrogen (secondary N) is 1. The molecule has 0 aliphatic heterocycles. The van der Waals surface area contributed by atoms with Gasteiger partial charge in [-0.2, -0.15) is 0 Å². The van der Waals surface area contributed by atoms with Gasteiger partial charge in [-0.15, -0.1) is 0 Å². The van der Waals surface area contributed by atoms with Crippen LogP contribution < -0.4 is 4.72 Å². The minimum Gasteiger partial charge on any atom is -0.279 e. The molecule has 0 saturated carbocycles. The Kier molecular flexibility index (Phi) is 4.74. The van der Waals surface area contributed by atoms with Gasteiger partial charge < -0.3 is 0 Å². The van der Waals surface area contributed by atoms with E-state index >= 15 is 0 Å². The number of anilines is 1. The third-order valence-electron chi connectivity index (χ3n) is 3.33. The van der Waals surface area contributed by atoms with Crippen molar-refractivity contribution >= 4 is 31.6 Å². The molecule has 0 amide bonds. The average Bonchev–Trinajstić information content (AvgIpc) is 2.43. The quantitative estimate of drug-likeness (QED) is 0.868. The van der Waals surface area contributed by atoms with Gasteiger partial charge in [0.2, 0.25) is 0 Å². The van der Waals surface area contributed by atoms with Crippen molar-refractivity contribution in [2.24, 2.45) is 0 Å². The molecule has 0 unspecified atom stereocenters. The maximum absolute atomic E-state index is 12.6. The molecule has 0 atom stereocenters. The van der Waals surface area contributed by atoms with E-state index in [-0.39, 0.29) is 0 Å². The van der Waals surface area contributed by atoms with Crippen molar-refractivity contribution in [1.82, 2.24) is 0 Å². The zero-order chi connectivity index (χ0) is 15.6. The number of hydrogen-bond donors (Lipinski definition) is 1. The monoisotopic (exact) mass is 367 g/mol. The zero-order valence-corrected chi connectivity index (χ0v) is 14.7. The Morgan fingerprint density at radius 3 is 2.48 bits per heavy atom. The van der Waals surface area contributed by atoms with Gasteiger partial charge in [0.25, 0.3) is 10.0 Å². The van der Waals surface area contributed by atoms with Crippen molar-refractivity contribution in [1.29, 1.82) is 0 Å². The predicted octanol–water partition coefficient (Wildman–Crippen LogP) is 4.43. The highest BCUT2D eigenvalue weighted by atomic mass is 79.9. The van der Waals surface area contributed by atoms with E-state index in [0.717, 1.165) is 27.6 Å². The Hall–Kier alpha value is -1.33. The fraction of sp³-hybridized carbons (Fsp3) is 0.250. The lowest BCUT2D eigenvalue weighted by atomic mass is 10.1. The molecule has 2 aromatic rings. The van der Waals surface area contributed by atoms with Crippen LogP contribution in [0.5, 0.6) is 0 Å². The third kappa shape index (κ3) is 3.66. The normalized spacial score (nSPS) is 11.4. The number of halogens is 1. The zero-order valence-electron chi connectivity index (χ0n) is 12.3. The Morgan fingerprint density at radius 2 is 1.81 bits per heavy atom. The molecule has 2 rings (SSSR count). The second kappa shape index (κ2) is 6.20. The summed E-state index contributed by atoms with van der Waals surface area (Å²) in [5.74, 6) is 0. The fourth-order valence-corrected chi connectivity index (χ4v) is 3.99. The highest BCUT2D eigenvalue weighted by Crippen LogP contribution is 2.25. The van der Waals surface area contributed by atoms with Crippen LogP contribution in [0.4, 0.5) is 5.69 Å². The van der Waals surface area contributed by atoms with E-state index in [2.05, 4.69) is 20.7 Å². The van der Waals surface area contributed by atoms with E-state index in [9.17, 15) is 8.42 Å². The first-order valence-corrected chi connectivity index (χ1v) is 8.99. The maximum atomic E-state index is 12.6. The first-order valence-electron chi connectivity index (χ1n) is 6.72. The van der Waals surface area contributed by atoms with Crippen molar-refractivity contribution in [3.63, 3.8) is 0 Å². The summed E-state index contributed by atoms with van der Waals surface area (Å²) in [6.07, 6.45) is 0.754. The average molecular weight is 368 g/mol. The molecular weight excluding hydrogens is 350 g/mol. The summed E-state index contributed by atoms with van der Waals surface area (Å²) < 4.78 is 28.8. The van der Waals surface area contributed by atoms with Crippen molar-refractivity contribution in [2.75, 3.05) is 4.72 Å². The van der Waals surface area contributed by atoms with Crippen LogP contribution in [-0.2, 0) is 16.4 Å². The molecule has 0 heterocycles. The summed E-state index contributed by atoms with van der Waals surface area (Å²) >= 11 is 3.41. The van der Waals surface area contributed by atoms with Crippen LogP contribution in [0.3, 0.4) is 0 Å². The maximum Gasteiger partial charge on any atom is 0.262 e. The molecule has 1 N–H and O–H groups in total. The molecule has 0 bridgehead atoms. The van der Waals surface area contributed by atoms with Crippen molar-refractivity contribution in [2.45, 2.75) is 32.1 Å². The van der Waals surface area contributed by atoms with Gasteiger partial charge in [-0.3, -0.25) is 4.72 Å². The molecule has 0 spiro atoms. The van der Waals surface area contributed by atoms with Gasteiger partial charge in [0.05, 0.1) is 10.6 Å². The van der Waals surface area contributed by atoms with E-state index in [0.29, 0.717) is 10.6 Å². The first-order chi connectivity index (χ1) is 9.83. The van der Waals surface area contributed by atoms with E-state index in [1.807, 2.05) is 38.1 Å². The van der Waals surface area contributed by atoms with Crippen LogP contribution in [0.2, 0.25) is 0 Å². The molecule has 0 aliphatic carbocycles. The summed E-state index contributed by atoms with van der Waals surface area (Å²) in [7, 11) is -3.58. The van der Waals surface area contributed by atoms with Gasteiger partial charge in [-0.25, -0.2) is 8.42 Å². The molecular formula is C16H18BrNO2S. The highest BCUT2D eigenvalue weighted by molar-refractivity contribution is 9.10. The van der Waals surface area contributed by atoms with E-state index in [1.165, 1.54) is 0 Å². The van der Waals surface area contributed by atoms with Crippen LogP contribution in [0.25, 0.3) is 0 Å². The molecule has 112 valence electrons. The van der Waals surface area contributed by atoms with Crippen LogP contribution in [0, 0.1) is 13.8 Å². The van der Waals surface area contributed by atoms with Crippen molar-refractivity contribution in [3.05, 3.63) is 57.6 Å². The molecule has 2 aromatic carbocycles. The van der Waals surface area contributed by atoms with Crippen LogP contribution in [-0.4, -0.2) is 8.42 Å². The van der Waals surface area contributed by atoms with E-state index in [4.69, 9.17) is 0 Å². The second-order valence-electron chi connectivity index (χ2n) is 5.03. The number of sulfonamides is 1. The summed E-state index contributed by atoms with van der Waals surface area (Å²) in [6.45, 7) is 5.68. The lowest BCUT2D eigenvalue weighted by molar-refractivity contribution is 0.600. The third-order valence-corrected chi connectivity index (χ3v) is 5.33. The molecule has 0 radical (unpaired) electrons. The topological polar surface area (TPSA) is 46.2 Å². The Morgan fingerprint density at radius 1 is 1.10 bits per heavy atom. The Bertz CT molecular complexity index is 770. The number of aryl methyl sites for hydroxylation is 3. The van der Waals surface area contributed by atoms with E-state index < -0.39 is 10.0 Å². The lowest BCUT2D eigenvalue weighted by Gasteiger charge is -2.14. The molecule has 5 heteroatoms. The Balaban J connectivity index is 2.45. The SMILES string of the molecule is CCc1cc(Br)ccc1NS(=O)(=O)c1cc(C)ccc1C. The van der Waals surface area contributed by atoms with Crippen LogP contribution in [0.1, 0.15) is 23.6 Å². The minimum atomic E-state index is -3.58. The summed E-state index contributed by atoms with van der Waals surface area (Å²) in [5, 5.41) is 0. The smallest absolute Gasteiger partial charge is 0.262 e. The van der Waals surface area contributed by atoms with Gasteiger partial charge >= 0.3 is 0 Å². The van der Waals surface area contributed by atoms with E-state index in [1.54, 1.807) is 19.1 Å². The predicted molar refractivity (Wildman–Crippen MR) is 90.2 cm³/mol. The lowest BCUT2D eigenvalue weighted by Crippen LogP contribution is -2.15. The fourth-order valence-electron chi connectivity index (χ4n) is 2.15. The first kappa shape index (κ1) is 16.0.